The minimum atomic E-state index is -0.325. The van der Waals surface area contributed by atoms with Gasteiger partial charge in [0.15, 0.2) is 0 Å². The summed E-state index contributed by atoms with van der Waals surface area (Å²) >= 11 is 0. The number of hydrogen-bond acceptors (Lipinski definition) is 2. The molecule has 0 aliphatic carbocycles. The van der Waals surface area contributed by atoms with Crippen LogP contribution in [0.15, 0.2) is 24.3 Å². The van der Waals surface area contributed by atoms with E-state index in [9.17, 15) is 5.11 Å². The number of aliphatic hydroxyl groups is 1. The van der Waals surface area contributed by atoms with E-state index in [-0.39, 0.29) is 6.10 Å². The fraction of sp³-hybridized carbons (Fsp3) is 0.625. The van der Waals surface area contributed by atoms with Gasteiger partial charge in [-0.15, -0.1) is 0 Å². The Hall–Kier alpha value is -0.860. The van der Waals surface area contributed by atoms with E-state index in [0.717, 1.165) is 25.1 Å². The largest absolute Gasteiger partial charge is 0.388 e. The lowest BCUT2D eigenvalue weighted by molar-refractivity contribution is 0.146. The molecule has 0 saturated carbocycles. The first kappa shape index (κ1) is 13.6. The Labute approximate surface area is 111 Å². The van der Waals surface area contributed by atoms with Crippen molar-refractivity contribution in [3.05, 3.63) is 35.4 Å². The number of aryl methyl sites for hydroxylation is 1. The molecule has 0 spiro atoms. The molecule has 0 radical (unpaired) electrons. The van der Waals surface area contributed by atoms with Gasteiger partial charge in [-0.25, -0.2) is 0 Å². The number of aliphatic hydroxyl groups excluding tert-OH is 1. The Kier molecular flexibility index (Phi) is 4.08. The molecule has 1 unspecified atom stereocenters. The lowest BCUT2D eigenvalue weighted by atomic mass is 9.93. The number of likely N-dealkylation sites (tertiary alicyclic amines) is 1. The van der Waals surface area contributed by atoms with Crippen LogP contribution >= 0.6 is 0 Å². The Morgan fingerprint density at radius 3 is 2.50 bits per heavy atom. The molecule has 2 nitrogen and oxygen atoms in total. The molecule has 1 N–H and O–H groups in total. The fourth-order valence-electron chi connectivity index (χ4n) is 2.68. The van der Waals surface area contributed by atoms with E-state index in [0.29, 0.717) is 5.41 Å². The van der Waals surface area contributed by atoms with Gasteiger partial charge in [0.1, 0.15) is 0 Å². The van der Waals surface area contributed by atoms with E-state index in [4.69, 9.17) is 0 Å². The lowest BCUT2D eigenvalue weighted by Crippen LogP contribution is -2.25. The molecule has 1 aliphatic rings. The molecular weight excluding hydrogens is 222 g/mol. The molecule has 1 aliphatic heterocycles. The molecule has 1 saturated heterocycles. The second-order valence-electron chi connectivity index (χ2n) is 6.41. The van der Waals surface area contributed by atoms with Gasteiger partial charge in [-0.05, 0) is 37.3 Å². The summed E-state index contributed by atoms with van der Waals surface area (Å²) in [5.41, 5.74) is 2.74. The van der Waals surface area contributed by atoms with Crippen molar-refractivity contribution >= 4 is 0 Å². The van der Waals surface area contributed by atoms with Gasteiger partial charge in [0, 0.05) is 13.1 Å². The number of nitrogens with zero attached hydrogens (tertiary/aromatic N) is 1. The van der Waals surface area contributed by atoms with E-state index in [2.05, 4.69) is 37.8 Å². The maximum absolute atomic E-state index is 10.2. The minimum absolute atomic E-state index is 0.325. The monoisotopic (exact) mass is 247 g/mol. The molecule has 1 aromatic carbocycles. The van der Waals surface area contributed by atoms with Gasteiger partial charge in [0.25, 0.3) is 0 Å². The molecular formula is C16H25NO. The highest BCUT2D eigenvalue weighted by molar-refractivity contribution is 5.23. The van der Waals surface area contributed by atoms with Crippen molar-refractivity contribution in [1.29, 1.82) is 0 Å². The average molecular weight is 247 g/mol. The third-order valence-corrected chi connectivity index (χ3v) is 3.94. The first-order chi connectivity index (χ1) is 8.46. The molecule has 1 aromatic rings. The highest BCUT2D eigenvalue weighted by atomic mass is 16.3. The van der Waals surface area contributed by atoms with Gasteiger partial charge in [0.05, 0.1) is 6.10 Å². The van der Waals surface area contributed by atoms with E-state index < -0.39 is 0 Å². The van der Waals surface area contributed by atoms with Crippen LogP contribution in [0.4, 0.5) is 0 Å². The first-order valence-corrected chi connectivity index (χ1v) is 6.93. The van der Waals surface area contributed by atoms with Crippen LogP contribution in [0.5, 0.6) is 0 Å². The van der Waals surface area contributed by atoms with E-state index in [1.54, 1.807) is 0 Å². The van der Waals surface area contributed by atoms with Crippen molar-refractivity contribution in [2.75, 3.05) is 19.6 Å². The van der Waals surface area contributed by atoms with Crippen LogP contribution in [0.25, 0.3) is 0 Å². The molecule has 1 atom stereocenters. The van der Waals surface area contributed by atoms with Crippen molar-refractivity contribution < 1.29 is 5.11 Å². The second-order valence-corrected chi connectivity index (χ2v) is 6.41. The molecule has 0 aromatic heterocycles. The Balaban J connectivity index is 1.82. The van der Waals surface area contributed by atoms with Crippen molar-refractivity contribution in [3.63, 3.8) is 0 Å². The summed E-state index contributed by atoms with van der Waals surface area (Å²) < 4.78 is 0. The number of rotatable bonds is 4. The van der Waals surface area contributed by atoms with Crippen LogP contribution in [-0.2, 0) is 0 Å². The minimum Gasteiger partial charge on any atom is -0.388 e. The van der Waals surface area contributed by atoms with Crippen LogP contribution in [0.1, 0.15) is 43.9 Å². The molecule has 0 amide bonds. The van der Waals surface area contributed by atoms with Crippen molar-refractivity contribution in [1.82, 2.24) is 4.90 Å². The second kappa shape index (κ2) is 5.41. The van der Waals surface area contributed by atoms with Crippen molar-refractivity contribution in [3.8, 4) is 0 Å². The SMILES string of the molecule is Cc1ccc(C(O)CCN2CCC(C)(C)C2)cc1. The number of hydrogen-bond donors (Lipinski definition) is 1. The number of benzene rings is 1. The third kappa shape index (κ3) is 3.56. The molecule has 0 bridgehead atoms. The molecule has 100 valence electrons. The van der Waals surface area contributed by atoms with Crippen molar-refractivity contribution in [2.45, 2.75) is 39.7 Å². The van der Waals surface area contributed by atoms with Crippen LogP contribution in [-0.4, -0.2) is 29.6 Å². The summed E-state index contributed by atoms with van der Waals surface area (Å²) in [6, 6.07) is 8.21. The maximum atomic E-state index is 10.2. The van der Waals surface area contributed by atoms with E-state index in [1.165, 1.54) is 18.5 Å². The predicted octanol–water partition coefficient (Wildman–Crippen LogP) is 3.15. The quantitative estimate of drug-likeness (QED) is 0.883. The first-order valence-electron chi connectivity index (χ1n) is 6.93. The van der Waals surface area contributed by atoms with Crippen LogP contribution in [0.2, 0.25) is 0 Å². The third-order valence-electron chi connectivity index (χ3n) is 3.94. The zero-order valence-corrected chi connectivity index (χ0v) is 11.8. The summed E-state index contributed by atoms with van der Waals surface area (Å²) in [6.07, 6.45) is 1.78. The van der Waals surface area contributed by atoms with Crippen LogP contribution < -0.4 is 0 Å². The predicted molar refractivity (Wildman–Crippen MR) is 75.6 cm³/mol. The Morgan fingerprint density at radius 1 is 1.28 bits per heavy atom. The fourth-order valence-corrected chi connectivity index (χ4v) is 2.68. The van der Waals surface area contributed by atoms with Gasteiger partial charge in [-0.2, -0.15) is 0 Å². The topological polar surface area (TPSA) is 23.5 Å². The normalized spacial score (nSPS) is 21.1. The maximum Gasteiger partial charge on any atom is 0.0802 e. The average Bonchev–Trinajstić information content (AvgIpc) is 2.67. The highest BCUT2D eigenvalue weighted by Crippen LogP contribution is 2.29. The molecule has 1 heterocycles. The van der Waals surface area contributed by atoms with Gasteiger partial charge < -0.3 is 10.0 Å². The van der Waals surface area contributed by atoms with E-state index >= 15 is 0 Å². The summed E-state index contributed by atoms with van der Waals surface area (Å²) in [5, 5.41) is 10.2. The van der Waals surface area contributed by atoms with Gasteiger partial charge in [0.2, 0.25) is 0 Å². The summed E-state index contributed by atoms with van der Waals surface area (Å²) in [4.78, 5) is 2.47. The van der Waals surface area contributed by atoms with Crippen LogP contribution in [0.3, 0.4) is 0 Å². The molecule has 18 heavy (non-hydrogen) atoms. The van der Waals surface area contributed by atoms with Crippen molar-refractivity contribution in [2.24, 2.45) is 5.41 Å². The van der Waals surface area contributed by atoms with Gasteiger partial charge in [-0.3, -0.25) is 0 Å². The Bertz CT molecular complexity index is 383. The lowest BCUT2D eigenvalue weighted by Gasteiger charge is -2.21. The van der Waals surface area contributed by atoms with Gasteiger partial charge >= 0.3 is 0 Å². The summed E-state index contributed by atoms with van der Waals surface area (Å²) in [7, 11) is 0. The highest BCUT2D eigenvalue weighted by Gasteiger charge is 2.28. The molecule has 1 fully saturated rings. The van der Waals surface area contributed by atoms with E-state index in [1.807, 2.05) is 12.1 Å². The standard InChI is InChI=1S/C16H25NO/c1-13-4-6-14(7-5-13)15(18)8-10-17-11-9-16(2,3)12-17/h4-7,15,18H,8-12H2,1-3H3. The molecule has 2 rings (SSSR count). The summed E-state index contributed by atoms with van der Waals surface area (Å²) in [6.45, 7) is 10.1. The smallest absolute Gasteiger partial charge is 0.0802 e. The van der Waals surface area contributed by atoms with Gasteiger partial charge in [-0.1, -0.05) is 43.7 Å². The van der Waals surface area contributed by atoms with Crippen LogP contribution in [0, 0.1) is 12.3 Å². The zero-order valence-electron chi connectivity index (χ0n) is 11.8. The zero-order chi connectivity index (χ0) is 13.2. The Morgan fingerprint density at radius 2 is 1.94 bits per heavy atom. The summed E-state index contributed by atoms with van der Waals surface area (Å²) in [5.74, 6) is 0. The molecule has 2 heteroatoms.